The van der Waals surface area contributed by atoms with Gasteiger partial charge in [0.2, 0.25) is 0 Å². The zero-order valence-corrected chi connectivity index (χ0v) is 12.6. The van der Waals surface area contributed by atoms with Crippen LogP contribution < -0.4 is 11.1 Å². The number of hydrogen-bond acceptors (Lipinski definition) is 2. The van der Waals surface area contributed by atoms with E-state index in [1.54, 1.807) is 0 Å². The molecule has 3 aliphatic rings. The lowest BCUT2D eigenvalue weighted by molar-refractivity contribution is 0.0901. The summed E-state index contributed by atoms with van der Waals surface area (Å²) >= 11 is 0. The predicted octanol–water partition coefficient (Wildman–Crippen LogP) is 3.13. The van der Waals surface area contributed by atoms with Crippen LogP contribution in [0.2, 0.25) is 0 Å². The Balaban J connectivity index is 1.47. The molecule has 21 heavy (non-hydrogen) atoms. The van der Waals surface area contributed by atoms with E-state index < -0.39 is 0 Å². The highest BCUT2D eigenvalue weighted by Crippen LogP contribution is 2.58. The molecule has 1 aromatic rings. The molecule has 5 atom stereocenters. The zero-order valence-electron chi connectivity index (χ0n) is 12.6. The Kier molecular flexibility index (Phi) is 2.98. The topological polar surface area (TPSA) is 55.1 Å². The Bertz CT molecular complexity index is 583. The van der Waals surface area contributed by atoms with Crippen LogP contribution in [0.4, 0.5) is 5.69 Å². The SMILES string of the molecule is Cc1cc(C(=O)NC2CC3CC2C2CCCC32)ccc1N. The summed E-state index contributed by atoms with van der Waals surface area (Å²) in [7, 11) is 0. The number of nitrogens with one attached hydrogen (secondary N) is 1. The summed E-state index contributed by atoms with van der Waals surface area (Å²) in [6.45, 7) is 1.95. The molecule has 3 N–H and O–H groups in total. The van der Waals surface area contributed by atoms with Gasteiger partial charge in [-0.15, -0.1) is 0 Å². The van der Waals surface area contributed by atoms with Gasteiger partial charge in [0.15, 0.2) is 0 Å². The van der Waals surface area contributed by atoms with Gasteiger partial charge in [-0.2, -0.15) is 0 Å². The first-order valence-corrected chi connectivity index (χ1v) is 8.30. The molecule has 0 aliphatic heterocycles. The van der Waals surface area contributed by atoms with E-state index in [4.69, 9.17) is 5.73 Å². The summed E-state index contributed by atoms with van der Waals surface area (Å²) in [4.78, 5) is 12.5. The van der Waals surface area contributed by atoms with Crippen molar-refractivity contribution in [2.24, 2.45) is 23.7 Å². The van der Waals surface area contributed by atoms with Crippen LogP contribution >= 0.6 is 0 Å². The number of carbonyl (C=O) groups is 1. The number of aryl methyl sites for hydroxylation is 1. The van der Waals surface area contributed by atoms with Gasteiger partial charge in [0.25, 0.3) is 5.91 Å². The molecule has 0 spiro atoms. The molecule has 3 nitrogen and oxygen atoms in total. The molecule has 3 heteroatoms. The molecule has 0 aromatic heterocycles. The maximum absolute atomic E-state index is 12.5. The summed E-state index contributed by atoms with van der Waals surface area (Å²) in [6, 6.07) is 5.97. The standard InChI is InChI=1S/C18H24N2O/c1-10-7-11(5-6-16(10)19)18(21)20-17-9-12-8-15(17)14-4-2-3-13(12)14/h5-7,12-15,17H,2-4,8-9,19H2,1H3,(H,20,21). The van der Waals surface area contributed by atoms with Gasteiger partial charge in [0.1, 0.15) is 0 Å². The summed E-state index contributed by atoms with van der Waals surface area (Å²) in [5.74, 6) is 3.55. The van der Waals surface area contributed by atoms with Crippen molar-refractivity contribution in [1.82, 2.24) is 5.32 Å². The van der Waals surface area contributed by atoms with E-state index in [1.807, 2.05) is 25.1 Å². The van der Waals surface area contributed by atoms with Crippen LogP contribution in [0.5, 0.6) is 0 Å². The molecule has 3 fully saturated rings. The van der Waals surface area contributed by atoms with Crippen LogP contribution in [0.3, 0.4) is 0 Å². The van der Waals surface area contributed by atoms with Crippen LogP contribution in [-0.4, -0.2) is 11.9 Å². The lowest BCUT2D eigenvalue weighted by Gasteiger charge is -2.32. The van der Waals surface area contributed by atoms with Crippen LogP contribution in [0.1, 0.15) is 48.0 Å². The smallest absolute Gasteiger partial charge is 0.251 e. The Morgan fingerprint density at radius 2 is 2.00 bits per heavy atom. The van der Waals surface area contributed by atoms with Gasteiger partial charge in [0, 0.05) is 17.3 Å². The highest BCUT2D eigenvalue weighted by Gasteiger charge is 2.54. The van der Waals surface area contributed by atoms with Crippen molar-refractivity contribution in [2.75, 3.05) is 5.73 Å². The van der Waals surface area contributed by atoms with Crippen molar-refractivity contribution in [3.8, 4) is 0 Å². The van der Waals surface area contributed by atoms with Crippen molar-refractivity contribution in [1.29, 1.82) is 0 Å². The number of benzene rings is 1. The molecule has 5 unspecified atom stereocenters. The maximum atomic E-state index is 12.5. The van der Waals surface area contributed by atoms with E-state index in [-0.39, 0.29) is 5.91 Å². The third-order valence-corrected chi connectivity index (χ3v) is 6.28. The fourth-order valence-corrected chi connectivity index (χ4v) is 5.30. The number of anilines is 1. The van der Waals surface area contributed by atoms with E-state index in [2.05, 4.69) is 5.32 Å². The highest BCUT2D eigenvalue weighted by molar-refractivity contribution is 5.95. The first-order chi connectivity index (χ1) is 10.1. The summed E-state index contributed by atoms with van der Waals surface area (Å²) < 4.78 is 0. The Morgan fingerprint density at radius 1 is 1.19 bits per heavy atom. The largest absolute Gasteiger partial charge is 0.399 e. The van der Waals surface area contributed by atoms with Crippen LogP contribution in [0.25, 0.3) is 0 Å². The van der Waals surface area contributed by atoms with Gasteiger partial charge in [-0.3, -0.25) is 4.79 Å². The first-order valence-electron chi connectivity index (χ1n) is 8.30. The van der Waals surface area contributed by atoms with Gasteiger partial charge >= 0.3 is 0 Å². The molecular weight excluding hydrogens is 260 g/mol. The van der Waals surface area contributed by atoms with Crippen molar-refractivity contribution in [2.45, 2.75) is 45.1 Å². The first kappa shape index (κ1) is 13.2. The van der Waals surface area contributed by atoms with Gasteiger partial charge in [-0.25, -0.2) is 0 Å². The van der Waals surface area contributed by atoms with Crippen molar-refractivity contribution in [3.63, 3.8) is 0 Å². The monoisotopic (exact) mass is 284 g/mol. The second-order valence-electron chi connectivity index (χ2n) is 7.31. The molecule has 3 saturated carbocycles. The van der Waals surface area contributed by atoms with Crippen molar-refractivity contribution < 1.29 is 4.79 Å². The van der Waals surface area contributed by atoms with Gasteiger partial charge in [-0.1, -0.05) is 6.42 Å². The minimum atomic E-state index is 0.0743. The number of nitrogens with two attached hydrogens (primary N) is 1. The molecule has 4 rings (SSSR count). The van der Waals surface area contributed by atoms with Crippen LogP contribution in [0.15, 0.2) is 18.2 Å². The number of rotatable bonds is 2. The van der Waals surface area contributed by atoms with E-state index in [0.29, 0.717) is 6.04 Å². The van der Waals surface area contributed by atoms with E-state index in [1.165, 1.54) is 32.1 Å². The molecule has 0 saturated heterocycles. The van der Waals surface area contributed by atoms with E-state index >= 15 is 0 Å². The number of carbonyl (C=O) groups excluding carboxylic acids is 1. The fourth-order valence-electron chi connectivity index (χ4n) is 5.30. The highest BCUT2D eigenvalue weighted by atomic mass is 16.1. The van der Waals surface area contributed by atoms with Crippen molar-refractivity contribution >= 4 is 11.6 Å². The average molecular weight is 284 g/mol. The minimum absolute atomic E-state index is 0.0743. The quantitative estimate of drug-likeness (QED) is 0.820. The van der Waals surface area contributed by atoms with Crippen molar-refractivity contribution in [3.05, 3.63) is 29.3 Å². The second-order valence-corrected chi connectivity index (χ2v) is 7.31. The number of nitrogen functional groups attached to an aromatic ring is 1. The van der Waals surface area contributed by atoms with Crippen LogP contribution in [-0.2, 0) is 0 Å². The molecular formula is C18H24N2O. The molecule has 1 aromatic carbocycles. The predicted molar refractivity (Wildman–Crippen MR) is 83.9 cm³/mol. The number of hydrogen-bond donors (Lipinski definition) is 2. The Hall–Kier alpha value is -1.51. The summed E-state index contributed by atoms with van der Waals surface area (Å²) in [5, 5.41) is 3.31. The lowest BCUT2D eigenvalue weighted by atomic mass is 9.79. The number of fused-ring (bicyclic) bond motifs is 5. The van der Waals surface area contributed by atoms with Gasteiger partial charge in [-0.05, 0) is 80.0 Å². The average Bonchev–Trinajstić information content (AvgIpc) is 3.13. The van der Waals surface area contributed by atoms with E-state index in [9.17, 15) is 4.79 Å². The minimum Gasteiger partial charge on any atom is -0.399 e. The second kappa shape index (κ2) is 4.75. The molecule has 2 bridgehead atoms. The number of amides is 1. The summed E-state index contributed by atoms with van der Waals surface area (Å²) in [6.07, 6.45) is 6.77. The third kappa shape index (κ3) is 2.05. The maximum Gasteiger partial charge on any atom is 0.251 e. The fraction of sp³-hybridized carbons (Fsp3) is 0.611. The third-order valence-electron chi connectivity index (χ3n) is 6.28. The van der Waals surface area contributed by atoms with Gasteiger partial charge in [0.05, 0.1) is 0 Å². The zero-order chi connectivity index (χ0) is 14.6. The molecule has 112 valence electrons. The molecule has 0 radical (unpaired) electrons. The summed E-state index contributed by atoms with van der Waals surface area (Å²) in [5.41, 5.74) is 8.30. The molecule has 1 amide bonds. The van der Waals surface area contributed by atoms with Crippen LogP contribution in [0, 0.1) is 30.6 Å². The van der Waals surface area contributed by atoms with E-state index in [0.717, 1.165) is 40.5 Å². The molecule has 0 heterocycles. The molecule has 3 aliphatic carbocycles. The lowest BCUT2D eigenvalue weighted by Crippen LogP contribution is -2.42. The van der Waals surface area contributed by atoms with Gasteiger partial charge < -0.3 is 11.1 Å². The normalized spacial score (nSPS) is 36.7. The Labute approximate surface area is 126 Å². The Morgan fingerprint density at radius 3 is 2.81 bits per heavy atom.